The van der Waals surface area contributed by atoms with Crippen molar-refractivity contribution in [3.8, 4) is 0 Å². The SMILES string of the molecule is CSc1ccccc1NC(=O)CN1c2ccccc2C[C@H]1C. The highest BCUT2D eigenvalue weighted by Gasteiger charge is 2.27. The van der Waals surface area contributed by atoms with E-state index in [-0.39, 0.29) is 5.91 Å². The van der Waals surface area contributed by atoms with E-state index >= 15 is 0 Å². The molecule has 0 radical (unpaired) electrons. The Bertz CT molecular complexity index is 686. The third-order valence-corrected chi connectivity index (χ3v) is 4.84. The smallest absolute Gasteiger partial charge is 0.243 e. The zero-order valence-electron chi connectivity index (χ0n) is 12.9. The molecule has 2 aromatic rings. The van der Waals surface area contributed by atoms with Crippen molar-refractivity contribution in [2.75, 3.05) is 23.0 Å². The van der Waals surface area contributed by atoms with Crippen LogP contribution in [0.3, 0.4) is 0 Å². The Kier molecular flexibility index (Phi) is 4.39. The number of thioether (sulfide) groups is 1. The standard InChI is InChI=1S/C18H20N2OS/c1-13-11-14-7-3-5-9-16(14)20(13)12-18(21)19-15-8-4-6-10-17(15)22-2/h3-10,13H,11-12H2,1-2H3,(H,19,21)/t13-/m1/s1. The topological polar surface area (TPSA) is 32.3 Å². The second kappa shape index (κ2) is 6.44. The predicted octanol–water partition coefficient (Wildman–Crippen LogP) is 3.80. The fourth-order valence-electron chi connectivity index (χ4n) is 2.96. The molecular weight excluding hydrogens is 292 g/mol. The largest absolute Gasteiger partial charge is 0.359 e. The molecule has 0 aliphatic carbocycles. The molecule has 3 rings (SSSR count). The fourth-order valence-corrected chi connectivity index (χ4v) is 3.52. The molecule has 1 atom stereocenters. The Morgan fingerprint density at radius 2 is 1.95 bits per heavy atom. The van der Waals surface area contributed by atoms with Crippen LogP contribution in [0.1, 0.15) is 12.5 Å². The van der Waals surface area contributed by atoms with E-state index in [0.29, 0.717) is 12.6 Å². The Labute approximate surface area is 135 Å². The number of nitrogens with zero attached hydrogens (tertiary/aromatic N) is 1. The third kappa shape index (κ3) is 2.97. The van der Waals surface area contributed by atoms with E-state index in [9.17, 15) is 4.79 Å². The van der Waals surface area contributed by atoms with Crippen molar-refractivity contribution in [2.24, 2.45) is 0 Å². The van der Waals surface area contributed by atoms with E-state index in [0.717, 1.165) is 17.0 Å². The monoisotopic (exact) mass is 312 g/mol. The van der Waals surface area contributed by atoms with E-state index < -0.39 is 0 Å². The first-order valence-corrected chi connectivity index (χ1v) is 8.69. The van der Waals surface area contributed by atoms with E-state index in [2.05, 4.69) is 35.3 Å². The average Bonchev–Trinajstić information content (AvgIpc) is 2.84. The zero-order chi connectivity index (χ0) is 15.5. The minimum absolute atomic E-state index is 0.0325. The molecular formula is C18H20N2OS. The van der Waals surface area contributed by atoms with Crippen LogP contribution in [0, 0.1) is 0 Å². The van der Waals surface area contributed by atoms with Crippen LogP contribution in [0.4, 0.5) is 11.4 Å². The van der Waals surface area contributed by atoms with Gasteiger partial charge in [-0.3, -0.25) is 4.79 Å². The van der Waals surface area contributed by atoms with Gasteiger partial charge in [-0.1, -0.05) is 30.3 Å². The Hall–Kier alpha value is -1.94. The highest BCUT2D eigenvalue weighted by molar-refractivity contribution is 7.98. The molecule has 4 heteroatoms. The third-order valence-electron chi connectivity index (χ3n) is 4.04. The number of rotatable bonds is 4. The number of hydrogen-bond donors (Lipinski definition) is 1. The van der Waals surface area contributed by atoms with Crippen LogP contribution >= 0.6 is 11.8 Å². The normalized spacial score (nSPS) is 16.5. The lowest BCUT2D eigenvalue weighted by Gasteiger charge is -2.24. The summed E-state index contributed by atoms with van der Waals surface area (Å²) in [6, 6.07) is 16.6. The number of benzene rings is 2. The molecule has 1 heterocycles. The second-order valence-electron chi connectivity index (χ2n) is 5.56. The van der Waals surface area contributed by atoms with Crippen molar-refractivity contribution in [1.29, 1.82) is 0 Å². The number of fused-ring (bicyclic) bond motifs is 1. The van der Waals surface area contributed by atoms with E-state index in [4.69, 9.17) is 0 Å². The molecule has 0 saturated heterocycles. The highest BCUT2D eigenvalue weighted by Crippen LogP contribution is 2.31. The van der Waals surface area contributed by atoms with Gasteiger partial charge in [-0.2, -0.15) is 0 Å². The van der Waals surface area contributed by atoms with Gasteiger partial charge in [-0.05, 0) is 43.4 Å². The summed E-state index contributed by atoms with van der Waals surface area (Å²) in [5.41, 5.74) is 3.40. The summed E-state index contributed by atoms with van der Waals surface area (Å²) in [6.45, 7) is 2.56. The van der Waals surface area contributed by atoms with Crippen molar-refractivity contribution >= 4 is 29.0 Å². The lowest BCUT2D eigenvalue weighted by molar-refractivity contribution is -0.115. The van der Waals surface area contributed by atoms with Crippen LogP contribution in [0.15, 0.2) is 53.4 Å². The Morgan fingerprint density at radius 3 is 2.77 bits per heavy atom. The first kappa shape index (κ1) is 15.0. The molecule has 1 amide bonds. The molecule has 3 nitrogen and oxygen atoms in total. The highest BCUT2D eigenvalue weighted by atomic mass is 32.2. The number of anilines is 2. The first-order valence-electron chi connectivity index (χ1n) is 7.46. The van der Waals surface area contributed by atoms with Gasteiger partial charge in [0, 0.05) is 16.6 Å². The summed E-state index contributed by atoms with van der Waals surface area (Å²) in [6.07, 6.45) is 3.02. The average molecular weight is 312 g/mol. The second-order valence-corrected chi connectivity index (χ2v) is 6.41. The van der Waals surface area contributed by atoms with Gasteiger partial charge in [0.05, 0.1) is 12.2 Å². The van der Waals surface area contributed by atoms with Crippen LogP contribution in [0.25, 0.3) is 0 Å². The summed E-state index contributed by atoms with van der Waals surface area (Å²) < 4.78 is 0. The molecule has 1 N–H and O–H groups in total. The van der Waals surface area contributed by atoms with Crippen LogP contribution in [0.2, 0.25) is 0 Å². The molecule has 0 unspecified atom stereocenters. The lowest BCUT2D eigenvalue weighted by Crippen LogP contribution is -2.37. The summed E-state index contributed by atoms with van der Waals surface area (Å²) >= 11 is 1.64. The number of hydrogen-bond acceptors (Lipinski definition) is 3. The molecule has 0 saturated carbocycles. The molecule has 1 aliphatic rings. The van der Waals surface area contributed by atoms with Crippen molar-refractivity contribution in [3.63, 3.8) is 0 Å². The number of carbonyl (C=O) groups is 1. The molecule has 22 heavy (non-hydrogen) atoms. The molecule has 0 bridgehead atoms. The van der Waals surface area contributed by atoms with Crippen LogP contribution < -0.4 is 10.2 Å². The number of carbonyl (C=O) groups excluding carboxylic acids is 1. The maximum atomic E-state index is 12.4. The lowest BCUT2D eigenvalue weighted by atomic mass is 10.1. The molecule has 1 aliphatic heterocycles. The summed E-state index contributed by atoms with van der Waals surface area (Å²) in [5.74, 6) is 0.0325. The van der Waals surface area contributed by atoms with Gasteiger partial charge < -0.3 is 10.2 Å². The van der Waals surface area contributed by atoms with E-state index in [1.165, 1.54) is 11.3 Å². The molecule has 0 aromatic heterocycles. The van der Waals surface area contributed by atoms with Crippen molar-refractivity contribution in [1.82, 2.24) is 0 Å². The summed E-state index contributed by atoms with van der Waals surface area (Å²) in [5, 5.41) is 3.04. The van der Waals surface area contributed by atoms with Gasteiger partial charge in [-0.25, -0.2) is 0 Å². The van der Waals surface area contributed by atoms with Gasteiger partial charge in [0.2, 0.25) is 5.91 Å². The molecule has 0 fully saturated rings. The van der Waals surface area contributed by atoms with E-state index in [1.807, 2.05) is 36.6 Å². The van der Waals surface area contributed by atoms with Crippen LogP contribution in [-0.4, -0.2) is 24.7 Å². The van der Waals surface area contributed by atoms with E-state index in [1.54, 1.807) is 11.8 Å². The minimum atomic E-state index is 0.0325. The van der Waals surface area contributed by atoms with Gasteiger partial charge in [0.15, 0.2) is 0 Å². The molecule has 0 spiro atoms. The van der Waals surface area contributed by atoms with Gasteiger partial charge in [-0.15, -0.1) is 11.8 Å². The fraction of sp³-hybridized carbons (Fsp3) is 0.278. The Morgan fingerprint density at radius 1 is 1.23 bits per heavy atom. The number of amides is 1. The minimum Gasteiger partial charge on any atom is -0.359 e. The van der Waals surface area contributed by atoms with Crippen molar-refractivity contribution in [2.45, 2.75) is 24.3 Å². The number of nitrogens with one attached hydrogen (secondary N) is 1. The zero-order valence-corrected chi connectivity index (χ0v) is 13.7. The Balaban J connectivity index is 1.72. The first-order chi connectivity index (χ1) is 10.7. The maximum absolute atomic E-state index is 12.4. The predicted molar refractivity (Wildman–Crippen MR) is 93.8 cm³/mol. The van der Waals surface area contributed by atoms with Gasteiger partial charge in [0.1, 0.15) is 0 Å². The quantitative estimate of drug-likeness (QED) is 0.872. The van der Waals surface area contributed by atoms with Gasteiger partial charge >= 0.3 is 0 Å². The van der Waals surface area contributed by atoms with Crippen molar-refractivity contribution in [3.05, 3.63) is 54.1 Å². The molecule has 2 aromatic carbocycles. The maximum Gasteiger partial charge on any atom is 0.243 e. The van der Waals surface area contributed by atoms with Crippen LogP contribution in [0.5, 0.6) is 0 Å². The number of para-hydroxylation sites is 2. The molecule has 114 valence electrons. The van der Waals surface area contributed by atoms with Gasteiger partial charge in [0.25, 0.3) is 0 Å². The van der Waals surface area contributed by atoms with Crippen molar-refractivity contribution < 1.29 is 4.79 Å². The summed E-state index contributed by atoms with van der Waals surface area (Å²) in [7, 11) is 0. The summed E-state index contributed by atoms with van der Waals surface area (Å²) in [4.78, 5) is 15.7. The van der Waals surface area contributed by atoms with Crippen LogP contribution in [-0.2, 0) is 11.2 Å².